The molecule has 0 saturated carbocycles. The Balaban J connectivity index is 3.30. The number of nitrogens with zero attached hydrogens (tertiary/aromatic N) is 2. The van der Waals surface area contributed by atoms with Gasteiger partial charge in [-0.3, -0.25) is 0 Å². The second-order valence-corrected chi connectivity index (χ2v) is 6.40. The summed E-state index contributed by atoms with van der Waals surface area (Å²) in [6, 6.07) is 4.98. The van der Waals surface area contributed by atoms with Crippen LogP contribution in [0.1, 0.15) is 19.4 Å². The van der Waals surface area contributed by atoms with Gasteiger partial charge in [-0.25, -0.2) is 8.42 Å². The van der Waals surface area contributed by atoms with Crippen LogP contribution >= 0.6 is 11.6 Å². The number of hydrogen-bond donors (Lipinski definition) is 0. The van der Waals surface area contributed by atoms with Crippen molar-refractivity contribution < 1.29 is 8.42 Å². The average molecular weight is 289 g/mol. The van der Waals surface area contributed by atoms with Crippen LogP contribution in [0, 0.1) is 0 Å². The number of sulfone groups is 1. The molecule has 0 amide bonds. The fraction of sp³-hybridized carbons (Fsp3) is 0.417. The summed E-state index contributed by atoms with van der Waals surface area (Å²) >= 11 is 5.99. The van der Waals surface area contributed by atoms with Gasteiger partial charge in [0.05, 0.1) is 21.9 Å². The third kappa shape index (κ3) is 3.46. The van der Waals surface area contributed by atoms with E-state index in [4.69, 9.17) is 11.6 Å². The molecule has 100 valence electrons. The average Bonchev–Trinajstić information content (AvgIpc) is 2.35. The number of hydrazone groups is 1. The van der Waals surface area contributed by atoms with Crippen molar-refractivity contribution in [1.82, 2.24) is 5.01 Å². The molecule has 1 rings (SSSR count). The fourth-order valence-electron chi connectivity index (χ4n) is 1.34. The minimum atomic E-state index is -3.36. The number of rotatable bonds is 5. The van der Waals surface area contributed by atoms with Crippen LogP contribution in [0.25, 0.3) is 0 Å². The highest BCUT2D eigenvalue weighted by molar-refractivity contribution is 7.91. The van der Waals surface area contributed by atoms with E-state index < -0.39 is 9.84 Å². The van der Waals surface area contributed by atoms with Crippen LogP contribution in [0.3, 0.4) is 0 Å². The quantitative estimate of drug-likeness (QED) is 0.617. The molecule has 0 bridgehead atoms. The van der Waals surface area contributed by atoms with Gasteiger partial charge in [0.15, 0.2) is 9.84 Å². The Bertz CT molecular complexity index is 541. The second kappa shape index (κ2) is 6.20. The Labute approximate surface area is 113 Å². The summed E-state index contributed by atoms with van der Waals surface area (Å²) in [5.41, 5.74) is 0.518. The minimum absolute atomic E-state index is 0.0151. The molecule has 0 heterocycles. The van der Waals surface area contributed by atoms with Gasteiger partial charge in [-0.2, -0.15) is 5.10 Å². The molecular formula is C12H17ClN2O2S. The third-order valence-corrected chi connectivity index (χ3v) is 4.80. The molecule has 4 nitrogen and oxygen atoms in total. The first-order valence-corrected chi connectivity index (χ1v) is 7.71. The molecule has 0 N–H and O–H groups in total. The van der Waals surface area contributed by atoms with Gasteiger partial charge in [0, 0.05) is 19.2 Å². The van der Waals surface area contributed by atoms with E-state index in [1.54, 1.807) is 30.1 Å². The van der Waals surface area contributed by atoms with E-state index >= 15 is 0 Å². The van der Waals surface area contributed by atoms with Crippen LogP contribution < -0.4 is 0 Å². The monoisotopic (exact) mass is 288 g/mol. The van der Waals surface area contributed by atoms with Crippen molar-refractivity contribution in [2.45, 2.75) is 18.7 Å². The van der Waals surface area contributed by atoms with E-state index in [1.165, 1.54) is 6.21 Å². The zero-order valence-corrected chi connectivity index (χ0v) is 12.3. The number of halogens is 1. The maximum absolute atomic E-state index is 12.0. The first-order valence-electron chi connectivity index (χ1n) is 5.68. The summed E-state index contributed by atoms with van der Waals surface area (Å²) in [5, 5.41) is 6.10. The molecule has 0 aliphatic rings. The molecule has 0 aromatic heterocycles. The highest BCUT2D eigenvalue weighted by atomic mass is 35.5. The molecule has 0 aliphatic heterocycles. The van der Waals surface area contributed by atoms with E-state index in [0.717, 1.165) is 6.54 Å². The van der Waals surface area contributed by atoms with Gasteiger partial charge >= 0.3 is 0 Å². The van der Waals surface area contributed by atoms with Gasteiger partial charge in [-0.15, -0.1) is 0 Å². The standard InChI is InChI=1S/C12H17ClN2O2S/c1-4-15(3)14-9-10-7-6-8-11(13)12(10)18(16,17)5-2/h6-9H,4-5H2,1-3H3/b14-9+. The Morgan fingerprint density at radius 3 is 2.61 bits per heavy atom. The maximum Gasteiger partial charge on any atom is 0.180 e. The minimum Gasteiger partial charge on any atom is -0.300 e. The lowest BCUT2D eigenvalue weighted by Crippen LogP contribution is -2.11. The van der Waals surface area contributed by atoms with Gasteiger partial charge in [0.1, 0.15) is 0 Å². The molecule has 0 atom stereocenters. The van der Waals surface area contributed by atoms with Crippen LogP contribution in [0.5, 0.6) is 0 Å². The van der Waals surface area contributed by atoms with Gasteiger partial charge in [-0.05, 0) is 13.0 Å². The topological polar surface area (TPSA) is 49.7 Å². The van der Waals surface area contributed by atoms with E-state index in [1.807, 2.05) is 14.0 Å². The van der Waals surface area contributed by atoms with Crippen LogP contribution in [0.15, 0.2) is 28.2 Å². The lowest BCUT2D eigenvalue weighted by atomic mass is 10.2. The van der Waals surface area contributed by atoms with E-state index in [0.29, 0.717) is 5.56 Å². The number of hydrogen-bond acceptors (Lipinski definition) is 4. The Kier molecular flexibility index (Phi) is 5.16. The molecule has 0 unspecified atom stereocenters. The highest BCUT2D eigenvalue weighted by Crippen LogP contribution is 2.25. The van der Waals surface area contributed by atoms with Gasteiger partial charge in [0.2, 0.25) is 0 Å². The summed E-state index contributed by atoms with van der Waals surface area (Å²) < 4.78 is 24.0. The van der Waals surface area contributed by atoms with Gasteiger partial charge in [0.25, 0.3) is 0 Å². The molecule has 1 aromatic carbocycles. The summed E-state index contributed by atoms with van der Waals surface area (Å²) in [6.45, 7) is 4.30. The highest BCUT2D eigenvalue weighted by Gasteiger charge is 2.19. The van der Waals surface area contributed by atoms with Crippen LogP contribution in [-0.4, -0.2) is 39.0 Å². The van der Waals surface area contributed by atoms with Crippen LogP contribution in [0.4, 0.5) is 0 Å². The molecule has 1 aromatic rings. The lowest BCUT2D eigenvalue weighted by Gasteiger charge is -2.10. The first kappa shape index (κ1) is 15.0. The van der Waals surface area contributed by atoms with Crippen molar-refractivity contribution in [1.29, 1.82) is 0 Å². The Morgan fingerprint density at radius 1 is 1.39 bits per heavy atom. The molecule has 0 radical (unpaired) electrons. The summed E-state index contributed by atoms with van der Waals surface area (Å²) in [5.74, 6) is 0.0151. The van der Waals surface area contributed by atoms with Crippen molar-refractivity contribution in [3.8, 4) is 0 Å². The summed E-state index contributed by atoms with van der Waals surface area (Å²) in [4.78, 5) is 0.155. The largest absolute Gasteiger partial charge is 0.300 e. The first-order chi connectivity index (χ1) is 8.42. The van der Waals surface area contributed by atoms with E-state index in [2.05, 4.69) is 5.10 Å². The molecule has 0 spiro atoms. The Hall–Kier alpha value is -1.07. The van der Waals surface area contributed by atoms with Crippen LogP contribution in [-0.2, 0) is 9.84 Å². The third-order valence-electron chi connectivity index (χ3n) is 2.54. The maximum atomic E-state index is 12.0. The smallest absolute Gasteiger partial charge is 0.180 e. The molecule has 0 aliphatic carbocycles. The summed E-state index contributed by atoms with van der Waals surface area (Å²) in [7, 11) is -1.54. The molecule has 0 saturated heterocycles. The zero-order valence-electron chi connectivity index (χ0n) is 10.7. The van der Waals surface area contributed by atoms with Crippen molar-refractivity contribution in [2.24, 2.45) is 5.10 Å². The van der Waals surface area contributed by atoms with Crippen molar-refractivity contribution >= 4 is 27.7 Å². The van der Waals surface area contributed by atoms with Crippen molar-refractivity contribution in [3.63, 3.8) is 0 Å². The second-order valence-electron chi connectivity index (χ2n) is 3.78. The van der Waals surface area contributed by atoms with Crippen LogP contribution in [0.2, 0.25) is 5.02 Å². The van der Waals surface area contributed by atoms with Gasteiger partial charge in [-0.1, -0.05) is 30.7 Å². The van der Waals surface area contributed by atoms with Gasteiger partial charge < -0.3 is 5.01 Å². The van der Waals surface area contributed by atoms with E-state index in [-0.39, 0.29) is 15.7 Å². The fourth-order valence-corrected chi connectivity index (χ4v) is 3.01. The van der Waals surface area contributed by atoms with Crippen molar-refractivity contribution in [2.75, 3.05) is 19.3 Å². The summed E-state index contributed by atoms with van der Waals surface area (Å²) in [6.07, 6.45) is 1.53. The molecule has 18 heavy (non-hydrogen) atoms. The SMILES string of the molecule is CCN(C)/N=C/c1cccc(Cl)c1S(=O)(=O)CC. The normalized spacial score (nSPS) is 12.0. The van der Waals surface area contributed by atoms with E-state index in [9.17, 15) is 8.42 Å². The zero-order chi connectivity index (χ0) is 13.8. The molecule has 6 heteroatoms. The number of benzene rings is 1. The predicted octanol–water partition coefficient (Wildman–Crippen LogP) is 2.42. The van der Waals surface area contributed by atoms with Crippen molar-refractivity contribution in [3.05, 3.63) is 28.8 Å². The lowest BCUT2D eigenvalue weighted by molar-refractivity contribution is 0.377. The Morgan fingerprint density at radius 2 is 2.06 bits per heavy atom. The molecule has 0 fully saturated rings. The predicted molar refractivity (Wildman–Crippen MR) is 75.1 cm³/mol. The molecular weight excluding hydrogens is 272 g/mol.